The Morgan fingerprint density at radius 3 is 2.76 bits per heavy atom. The summed E-state index contributed by atoms with van der Waals surface area (Å²) < 4.78 is 5.79. The molecule has 3 atom stereocenters. The predicted octanol–water partition coefficient (Wildman–Crippen LogP) is 3.62. The molecule has 0 aromatic heterocycles. The summed E-state index contributed by atoms with van der Waals surface area (Å²) in [5, 5.41) is 4.72. The largest absolute Gasteiger partial charge is 0.378 e. The molecular formula is C17H24N2OS. The Bertz CT molecular complexity index is 515. The van der Waals surface area contributed by atoms with Crippen LogP contribution in [-0.4, -0.2) is 29.7 Å². The van der Waals surface area contributed by atoms with Crippen LogP contribution >= 0.6 is 11.8 Å². The molecule has 0 saturated heterocycles. The van der Waals surface area contributed by atoms with Gasteiger partial charge in [-0.25, -0.2) is 0 Å². The molecule has 114 valence electrons. The zero-order chi connectivity index (χ0) is 14.9. The summed E-state index contributed by atoms with van der Waals surface area (Å²) in [4.78, 5) is 4.84. The molecule has 3 unspecified atom stereocenters. The van der Waals surface area contributed by atoms with Gasteiger partial charge in [-0.1, -0.05) is 55.9 Å². The first-order chi connectivity index (χ1) is 10.1. The van der Waals surface area contributed by atoms with Crippen LogP contribution in [0.5, 0.6) is 0 Å². The van der Waals surface area contributed by atoms with E-state index < -0.39 is 0 Å². The first-order valence-corrected chi connectivity index (χ1v) is 8.73. The van der Waals surface area contributed by atoms with Gasteiger partial charge in [0.1, 0.15) is 0 Å². The van der Waals surface area contributed by atoms with Gasteiger partial charge < -0.3 is 10.1 Å². The van der Waals surface area contributed by atoms with Gasteiger partial charge in [-0.3, -0.25) is 4.99 Å². The van der Waals surface area contributed by atoms with Crippen LogP contribution in [0.4, 0.5) is 0 Å². The first kappa shape index (κ1) is 14.9. The lowest BCUT2D eigenvalue weighted by Crippen LogP contribution is -2.61. The molecule has 1 N–H and O–H groups in total. The topological polar surface area (TPSA) is 33.6 Å². The van der Waals surface area contributed by atoms with Crippen molar-refractivity contribution >= 4 is 16.9 Å². The Balaban J connectivity index is 1.60. The van der Waals surface area contributed by atoms with E-state index in [-0.39, 0.29) is 5.41 Å². The quantitative estimate of drug-likeness (QED) is 0.922. The molecule has 0 spiro atoms. The van der Waals surface area contributed by atoms with Crippen molar-refractivity contribution in [1.29, 1.82) is 0 Å². The second-order valence-electron chi connectivity index (χ2n) is 6.37. The Morgan fingerprint density at radius 1 is 1.33 bits per heavy atom. The third-order valence-electron chi connectivity index (χ3n) is 4.68. The number of nitrogens with one attached hydrogen (secondary N) is 1. The highest BCUT2D eigenvalue weighted by molar-refractivity contribution is 8.14. The number of benzene rings is 1. The number of amidine groups is 1. The van der Waals surface area contributed by atoms with Gasteiger partial charge in [-0.05, 0) is 18.9 Å². The summed E-state index contributed by atoms with van der Waals surface area (Å²) in [6.07, 6.45) is 1.45. The molecule has 0 amide bonds. The standard InChI is InChI=1S/C17H24N2OS/c1-4-20-15-10-14(17(15,2)3)19-16-18-13(11-21-16)12-8-6-5-7-9-12/h5-9,13-15H,4,10-11H2,1-3H3,(H,18,19). The lowest BCUT2D eigenvalue weighted by molar-refractivity contribution is -0.109. The van der Waals surface area contributed by atoms with E-state index in [1.54, 1.807) is 0 Å². The molecule has 4 heteroatoms. The normalized spacial score (nSPS) is 30.6. The van der Waals surface area contributed by atoms with Crippen LogP contribution in [0.2, 0.25) is 0 Å². The summed E-state index contributed by atoms with van der Waals surface area (Å²) >= 11 is 1.84. The van der Waals surface area contributed by atoms with Crippen molar-refractivity contribution in [2.45, 2.75) is 45.4 Å². The van der Waals surface area contributed by atoms with Crippen molar-refractivity contribution in [3.63, 3.8) is 0 Å². The lowest BCUT2D eigenvalue weighted by Gasteiger charge is -2.51. The van der Waals surface area contributed by atoms with Crippen molar-refractivity contribution in [2.24, 2.45) is 10.4 Å². The van der Waals surface area contributed by atoms with Crippen LogP contribution in [0.1, 0.15) is 38.8 Å². The van der Waals surface area contributed by atoms with Crippen molar-refractivity contribution in [3.8, 4) is 0 Å². The zero-order valence-electron chi connectivity index (χ0n) is 13.0. The van der Waals surface area contributed by atoms with Crippen molar-refractivity contribution in [2.75, 3.05) is 12.4 Å². The molecule has 0 bridgehead atoms. The minimum absolute atomic E-state index is 0.184. The monoisotopic (exact) mass is 304 g/mol. The van der Waals surface area contributed by atoms with E-state index in [0.29, 0.717) is 18.2 Å². The van der Waals surface area contributed by atoms with Gasteiger partial charge in [0, 0.05) is 23.8 Å². The molecule has 1 fully saturated rings. The van der Waals surface area contributed by atoms with Gasteiger partial charge in [0.25, 0.3) is 0 Å². The first-order valence-electron chi connectivity index (χ1n) is 7.75. The molecule has 1 aliphatic carbocycles. The van der Waals surface area contributed by atoms with Crippen LogP contribution in [0.15, 0.2) is 35.3 Å². The molecule has 3 nitrogen and oxygen atoms in total. The summed E-state index contributed by atoms with van der Waals surface area (Å²) in [6, 6.07) is 11.3. The Kier molecular flexibility index (Phi) is 4.27. The van der Waals surface area contributed by atoms with E-state index in [1.807, 2.05) is 11.8 Å². The van der Waals surface area contributed by atoms with E-state index in [4.69, 9.17) is 9.73 Å². The molecule has 2 aliphatic rings. The number of ether oxygens (including phenoxy) is 1. The molecule has 21 heavy (non-hydrogen) atoms. The lowest BCUT2D eigenvalue weighted by atomic mass is 9.64. The fourth-order valence-corrected chi connectivity index (χ4v) is 4.07. The van der Waals surface area contributed by atoms with Crippen LogP contribution in [0.25, 0.3) is 0 Å². The summed E-state index contributed by atoms with van der Waals surface area (Å²) in [5.41, 5.74) is 1.49. The maximum absolute atomic E-state index is 5.79. The van der Waals surface area contributed by atoms with E-state index in [0.717, 1.165) is 23.9 Å². The number of rotatable bonds is 4. The van der Waals surface area contributed by atoms with Gasteiger partial charge >= 0.3 is 0 Å². The van der Waals surface area contributed by atoms with E-state index in [1.165, 1.54) is 5.56 Å². The molecular weight excluding hydrogens is 280 g/mol. The Morgan fingerprint density at radius 2 is 2.10 bits per heavy atom. The van der Waals surface area contributed by atoms with E-state index in [2.05, 4.69) is 56.4 Å². The fourth-order valence-electron chi connectivity index (χ4n) is 3.06. The molecule has 3 rings (SSSR count). The predicted molar refractivity (Wildman–Crippen MR) is 89.8 cm³/mol. The SMILES string of the molecule is CCOC1CC(NC2=NC(c3ccccc3)CS2)C1(C)C. The fraction of sp³-hybridized carbons (Fsp3) is 0.588. The smallest absolute Gasteiger partial charge is 0.157 e. The molecule has 1 aliphatic heterocycles. The van der Waals surface area contributed by atoms with Crippen LogP contribution in [-0.2, 0) is 4.74 Å². The number of hydrogen-bond donors (Lipinski definition) is 1. The second-order valence-corrected chi connectivity index (χ2v) is 7.38. The van der Waals surface area contributed by atoms with Crippen molar-refractivity contribution in [3.05, 3.63) is 35.9 Å². The van der Waals surface area contributed by atoms with Crippen molar-refractivity contribution in [1.82, 2.24) is 5.32 Å². The number of aliphatic imine (C=N–C) groups is 1. The van der Waals surface area contributed by atoms with Crippen LogP contribution in [0.3, 0.4) is 0 Å². The highest BCUT2D eigenvalue weighted by Crippen LogP contribution is 2.43. The molecule has 1 aromatic rings. The summed E-state index contributed by atoms with van der Waals surface area (Å²) in [5.74, 6) is 1.04. The average molecular weight is 304 g/mol. The van der Waals surface area contributed by atoms with Crippen LogP contribution in [0, 0.1) is 5.41 Å². The third kappa shape index (κ3) is 2.97. The average Bonchev–Trinajstić information content (AvgIpc) is 2.96. The van der Waals surface area contributed by atoms with Crippen LogP contribution < -0.4 is 5.32 Å². The zero-order valence-corrected chi connectivity index (χ0v) is 13.8. The van der Waals surface area contributed by atoms with Crippen molar-refractivity contribution < 1.29 is 4.74 Å². The Hall–Kier alpha value is -1.00. The molecule has 0 radical (unpaired) electrons. The van der Waals surface area contributed by atoms with E-state index in [9.17, 15) is 0 Å². The second kappa shape index (κ2) is 6.01. The highest BCUT2D eigenvalue weighted by atomic mass is 32.2. The van der Waals surface area contributed by atoms with Gasteiger partial charge in [0.15, 0.2) is 5.17 Å². The summed E-state index contributed by atoms with van der Waals surface area (Å²) in [7, 11) is 0. The number of hydrogen-bond acceptors (Lipinski definition) is 4. The summed E-state index contributed by atoms with van der Waals surface area (Å²) in [6.45, 7) is 7.43. The van der Waals surface area contributed by atoms with Gasteiger partial charge in [0.2, 0.25) is 0 Å². The minimum atomic E-state index is 0.184. The Labute approximate surface area is 131 Å². The minimum Gasteiger partial charge on any atom is -0.378 e. The molecule has 1 saturated carbocycles. The maximum Gasteiger partial charge on any atom is 0.157 e. The van der Waals surface area contributed by atoms with Gasteiger partial charge in [-0.2, -0.15) is 0 Å². The number of nitrogens with zero attached hydrogens (tertiary/aromatic N) is 1. The van der Waals surface area contributed by atoms with Gasteiger partial charge in [-0.15, -0.1) is 0 Å². The molecule has 1 heterocycles. The third-order valence-corrected chi connectivity index (χ3v) is 5.66. The highest BCUT2D eigenvalue weighted by Gasteiger charge is 2.49. The van der Waals surface area contributed by atoms with Gasteiger partial charge in [0.05, 0.1) is 12.1 Å². The number of thioether (sulfide) groups is 1. The maximum atomic E-state index is 5.79. The van der Waals surface area contributed by atoms with E-state index >= 15 is 0 Å². The molecule has 1 aromatic carbocycles.